The molecule has 0 aromatic heterocycles. The molecule has 1 aliphatic rings. The molecule has 0 heterocycles. The fraction of sp³-hybridized carbons (Fsp3) is 0.294. The van der Waals surface area contributed by atoms with Crippen LogP contribution in [0.15, 0.2) is 42.5 Å². The number of hydrogen-bond donors (Lipinski definition) is 1. The molecule has 2 aromatic rings. The van der Waals surface area contributed by atoms with E-state index < -0.39 is 0 Å². The van der Waals surface area contributed by atoms with Crippen LogP contribution in [0.2, 0.25) is 0 Å². The molecule has 1 saturated carbocycles. The van der Waals surface area contributed by atoms with Crippen LogP contribution in [0, 0.1) is 18.6 Å². The van der Waals surface area contributed by atoms with E-state index >= 15 is 0 Å². The van der Waals surface area contributed by atoms with E-state index in [1.165, 1.54) is 12.1 Å². The number of rotatable bonds is 3. The van der Waals surface area contributed by atoms with Crippen molar-refractivity contribution in [2.45, 2.75) is 31.7 Å². The maximum atomic E-state index is 13.7. The molecule has 0 atom stereocenters. The maximum absolute atomic E-state index is 13.7. The highest BCUT2D eigenvalue weighted by Gasteiger charge is 2.31. The summed E-state index contributed by atoms with van der Waals surface area (Å²) < 4.78 is 26.9. The van der Waals surface area contributed by atoms with E-state index in [9.17, 15) is 8.78 Å². The molecular weight excluding hydrogens is 256 g/mol. The largest absolute Gasteiger partial charge is 0.380 e. The first kappa shape index (κ1) is 13.1. The summed E-state index contributed by atoms with van der Waals surface area (Å²) in [6.45, 7) is 1.90. The molecule has 0 unspecified atom stereocenters. The van der Waals surface area contributed by atoms with Crippen LogP contribution in [0.4, 0.5) is 14.5 Å². The minimum atomic E-state index is -0.209. The number of para-hydroxylation sites is 1. The van der Waals surface area contributed by atoms with Gasteiger partial charge in [-0.25, -0.2) is 8.78 Å². The van der Waals surface area contributed by atoms with Crippen molar-refractivity contribution in [3.63, 3.8) is 0 Å². The first-order chi connectivity index (χ1) is 9.63. The number of hydrogen-bond acceptors (Lipinski definition) is 1. The molecule has 0 spiro atoms. The number of halogens is 2. The van der Waals surface area contributed by atoms with Crippen LogP contribution >= 0.6 is 0 Å². The van der Waals surface area contributed by atoms with Gasteiger partial charge < -0.3 is 5.32 Å². The molecule has 0 bridgehead atoms. The van der Waals surface area contributed by atoms with Gasteiger partial charge in [0.25, 0.3) is 0 Å². The third kappa shape index (κ3) is 2.53. The Labute approximate surface area is 117 Å². The third-order valence-corrected chi connectivity index (χ3v) is 4.03. The van der Waals surface area contributed by atoms with Crippen molar-refractivity contribution in [2.75, 3.05) is 5.32 Å². The van der Waals surface area contributed by atoms with E-state index in [1.807, 2.05) is 19.1 Å². The smallest absolute Gasteiger partial charge is 0.146 e. The lowest BCUT2D eigenvalue weighted by Gasteiger charge is -2.37. The number of benzene rings is 2. The second-order valence-corrected chi connectivity index (χ2v) is 5.50. The zero-order valence-electron chi connectivity index (χ0n) is 11.4. The summed E-state index contributed by atoms with van der Waals surface area (Å²) >= 11 is 0. The second kappa shape index (κ2) is 5.23. The Morgan fingerprint density at radius 1 is 1.05 bits per heavy atom. The van der Waals surface area contributed by atoms with Gasteiger partial charge in [0, 0.05) is 6.04 Å². The van der Waals surface area contributed by atoms with E-state index in [2.05, 4.69) is 5.32 Å². The Kier molecular flexibility index (Phi) is 3.43. The predicted octanol–water partition coefficient (Wildman–Crippen LogP) is 4.63. The number of anilines is 1. The molecule has 0 aliphatic heterocycles. The highest BCUT2D eigenvalue weighted by molar-refractivity contribution is 5.53. The van der Waals surface area contributed by atoms with Crippen LogP contribution in [0.5, 0.6) is 0 Å². The molecule has 2 aromatic carbocycles. The van der Waals surface area contributed by atoms with Crippen molar-refractivity contribution in [1.82, 2.24) is 0 Å². The predicted molar refractivity (Wildman–Crippen MR) is 76.9 cm³/mol. The van der Waals surface area contributed by atoms with Crippen LogP contribution < -0.4 is 5.32 Å². The number of nitrogens with one attached hydrogen (secondary N) is 1. The van der Waals surface area contributed by atoms with Crippen LogP contribution in [0.25, 0.3) is 0 Å². The standard InChI is InChI=1S/C17H17F2N/c1-11-4-2-7-16(19)17(11)20-15-9-13(10-15)12-5-3-6-14(18)8-12/h2-8,13,15,20H,9-10H2,1H3. The van der Waals surface area contributed by atoms with Gasteiger partial charge in [0.2, 0.25) is 0 Å². The molecule has 1 N–H and O–H groups in total. The summed E-state index contributed by atoms with van der Waals surface area (Å²) in [4.78, 5) is 0. The van der Waals surface area contributed by atoms with Crippen LogP contribution in [0.3, 0.4) is 0 Å². The summed E-state index contributed by atoms with van der Waals surface area (Å²) in [6, 6.07) is 12.1. The second-order valence-electron chi connectivity index (χ2n) is 5.50. The first-order valence-electron chi connectivity index (χ1n) is 6.90. The van der Waals surface area contributed by atoms with Gasteiger partial charge in [0.1, 0.15) is 11.6 Å². The normalized spacial score (nSPS) is 21.4. The van der Waals surface area contributed by atoms with Gasteiger partial charge in [0.05, 0.1) is 5.69 Å². The molecule has 1 aliphatic carbocycles. The van der Waals surface area contributed by atoms with E-state index in [4.69, 9.17) is 0 Å². The Morgan fingerprint density at radius 2 is 1.80 bits per heavy atom. The molecule has 0 amide bonds. The van der Waals surface area contributed by atoms with Crippen molar-refractivity contribution >= 4 is 5.69 Å². The Morgan fingerprint density at radius 3 is 2.50 bits per heavy atom. The van der Waals surface area contributed by atoms with E-state index in [0.717, 1.165) is 24.0 Å². The monoisotopic (exact) mass is 273 g/mol. The van der Waals surface area contributed by atoms with E-state index in [0.29, 0.717) is 11.6 Å². The van der Waals surface area contributed by atoms with Gasteiger partial charge in [0.15, 0.2) is 0 Å². The zero-order chi connectivity index (χ0) is 14.1. The third-order valence-electron chi connectivity index (χ3n) is 4.03. The van der Waals surface area contributed by atoms with Crippen molar-refractivity contribution in [2.24, 2.45) is 0 Å². The van der Waals surface area contributed by atoms with Crippen LogP contribution in [-0.2, 0) is 0 Å². The van der Waals surface area contributed by atoms with Gasteiger partial charge in [-0.05, 0) is 55.0 Å². The number of aryl methyl sites for hydroxylation is 1. The van der Waals surface area contributed by atoms with Crippen molar-refractivity contribution < 1.29 is 8.78 Å². The van der Waals surface area contributed by atoms with Crippen molar-refractivity contribution in [3.05, 3.63) is 65.2 Å². The van der Waals surface area contributed by atoms with Gasteiger partial charge in [-0.1, -0.05) is 24.3 Å². The Hall–Kier alpha value is -1.90. The summed E-state index contributed by atoms with van der Waals surface area (Å²) in [6.07, 6.45) is 1.83. The van der Waals surface area contributed by atoms with Gasteiger partial charge in [-0.3, -0.25) is 0 Å². The van der Waals surface area contributed by atoms with Crippen molar-refractivity contribution in [3.8, 4) is 0 Å². The molecule has 1 nitrogen and oxygen atoms in total. The molecule has 3 heteroatoms. The van der Waals surface area contributed by atoms with E-state index in [1.54, 1.807) is 18.2 Å². The highest BCUT2D eigenvalue weighted by atomic mass is 19.1. The highest BCUT2D eigenvalue weighted by Crippen LogP contribution is 2.39. The van der Waals surface area contributed by atoms with Crippen LogP contribution in [0.1, 0.15) is 29.9 Å². The first-order valence-corrected chi connectivity index (χ1v) is 6.90. The van der Waals surface area contributed by atoms with Crippen molar-refractivity contribution in [1.29, 1.82) is 0 Å². The Balaban J connectivity index is 1.64. The average Bonchev–Trinajstić information content (AvgIpc) is 2.36. The maximum Gasteiger partial charge on any atom is 0.146 e. The van der Waals surface area contributed by atoms with Gasteiger partial charge in [-0.15, -0.1) is 0 Å². The minimum absolute atomic E-state index is 0.191. The molecule has 1 fully saturated rings. The fourth-order valence-corrected chi connectivity index (χ4v) is 2.79. The summed E-state index contributed by atoms with van der Waals surface area (Å²) in [5, 5.41) is 3.26. The minimum Gasteiger partial charge on any atom is -0.380 e. The fourth-order valence-electron chi connectivity index (χ4n) is 2.79. The topological polar surface area (TPSA) is 12.0 Å². The van der Waals surface area contributed by atoms with Gasteiger partial charge in [-0.2, -0.15) is 0 Å². The lowest BCUT2D eigenvalue weighted by atomic mass is 9.75. The summed E-state index contributed by atoms with van der Waals surface area (Å²) in [5.41, 5.74) is 2.54. The Bertz CT molecular complexity index is 598. The average molecular weight is 273 g/mol. The molecule has 20 heavy (non-hydrogen) atoms. The van der Waals surface area contributed by atoms with Crippen LogP contribution in [-0.4, -0.2) is 6.04 Å². The van der Waals surface area contributed by atoms with Gasteiger partial charge >= 0.3 is 0 Å². The molecule has 0 saturated heterocycles. The lowest BCUT2D eigenvalue weighted by molar-refractivity contribution is 0.371. The molecule has 3 rings (SSSR count). The SMILES string of the molecule is Cc1cccc(F)c1NC1CC(c2cccc(F)c2)C1. The van der Waals surface area contributed by atoms with E-state index in [-0.39, 0.29) is 17.7 Å². The zero-order valence-corrected chi connectivity index (χ0v) is 11.4. The quantitative estimate of drug-likeness (QED) is 0.859. The molecule has 104 valence electrons. The molecule has 0 radical (unpaired) electrons. The molecular formula is C17H17F2N. The summed E-state index contributed by atoms with van der Waals surface area (Å²) in [7, 11) is 0. The lowest BCUT2D eigenvalue weighted by Crippen LogP contribution is -2.34. The summed E-state index contributed by atoms with van der Waals surface area (Å²) in [5.74, 6) is -0.0293.